The van der Waals surface area contributed by atoms with Crippen LogP contribution in [0.4, 0.5) is 0 Å². The summed E-state index contributed by atoms with van der Waals surface area (Å²) in [6, 6.07) is 7.40. The number of nitrogens with one attached hydrogen (secondary N) is 1. The lowest BCUT2D eigenvalue weighted by atomic mass is 9.70. The highest BCUT2D eigenvalue weighted by Gasteiger charge is 2.76. The minimum absolute atomic E-state index is 0.0622. The first kappa shape index (κ1) is 35.4. The summed E-state index contributed by atoms with van der Waals surface area (Å²) < 4.78 is 12.7. The van der Waals surface area contributed by atoms with E-state index in [1.165, 1.54) is 4.90 Å². The van der Waals surface area contributed by atoms with Crippen LogP contribution in [-0.2, 0) is 28.7 Å². The van der Waals surface area contributed by atoms with Gasteiger partial charge in [-0.25, -0.2) is 0 Å². The van der Waals surface area contributed by atoms with Crippen molar-refractivity contribution in [1.29, 1.82) is 0 Å². The van der Waals surface area contributed by atoms with Gasteiger partial charge in [-0.2, -0.15) is 0 Å². The topological polar surface area (TPSA) is 125 Å². The lowest BCUT2D eigenvalue weighted by Crippen LogP contribution is -2.60. The average Bonchev–Trinajstić information content (AvgIpc) is 3.68. The van der Waals surface area contributed by atoms with E-state index in [2.05, 4.69) is 25.4 Å². The second-order valence-corrected chi connectivity index (χ2v) is 13.2. The molecule has 1 unspecified atom stereocenters. The Kier molecular flexibility index (Phi) is 11.8. The minimum Gasteiger partial charge on any atom is -0.455 e. The maximum Gasteiger partial charge on any atom is 0.313 e. The normalized spacial score (nSPS) is 26.7. The maximum atomic E-state index is 14.6. The molecule has 3 aliphatic heterocycles. The van der Waals surface area contributed by atoms with Gasteiger partial charge in [0, 0.05) is 19.0 Å². The number of ether oxygens (including phenoxy) is 2. The molecule has 0 saturated carbocycles. The molecule has 8 atom stereocenters. The largest absolute Gasteiger partial charge is 0.455 e. The van der Waals surface area contributed by atoms with Gasteiger partial charge in [-0.05, 0) is 44.1 Å². The first-order chi connectivity index (χ1) is 22.1. The Balaban J connectivity index is 1.69. The molecule has 10 heteroatoms. The van der Waals surface area contributed by atoms with E-state index in [9.17, 15) is 24.3 Å². The van der Waals surface area contributed by atoms with Crippen molar-refractivity contribution in [1.82, 2.24) is 15.1 Å². The highest BCUT2D eigenvalue weighted by molar-refractivity contribution is 5.98. The summed E-state index contributed by atoms with van der Waals surface area (Å²) in [5.74, 6) is -3.44. The van der Waals surface area contributed by atoms with Gasteiger partial charge in [-0.1, -0.05) is 69.7 Å². The lowest BCUT2D eigenvalue weighted by Gasteiger charge is -2.41. The van der Waals surface area contributed by atoms with E-state index >= 15 is 0 Å². The van der Waals surface area contributed by atoms with Crippen molar-refractivity contribution in [3.63, 3.8) is 0 Å². The molecule has 3 aliphatic rings. The first-order valence-corrected chi connectivity index (χ1v) is 16.7. The van der Waals surface area contributed by atoms with Crippen LogP contribution in [0.5, 0.6) is 0 Å². The molecule has 10 nitrogen and oxygen atoms in total. The van der Waals surface area contributed by atoms with Crippen molar-refractivity contribution in [2.24, 2.45) is 17.8 Å². The Bertz CT molecular complexity index is 1270. The number of hydrogen-bond acceptors (Lipinski definition) is 7. The number of allylic oxidation sites excluding steroid dienone is 1. The summed E-state index contributed by atoms with van der Waals surface area (Å²) in [6.07, 6.45) is 5.33. The lowest BCUT2D eigenvalue weighted by molar-refractivity contribution is -0.161. The molecular formula is C36H51N3O7. The van der Waals surface area contributed by atoms with Gasteiger partial charge in [0.2, 0.25) is 17.7 Å². The number of fused-ring (bicyclic) bond motifs is 1. The van der Waals surface area contributed by atoms with Crippen molar-refractivity contribution in [2.45, 2.75) is 102 Å². The summed E-state index contributed by atoms with van der Waals surface area (Å²) >= 11 is 0. The van der Waals surface area contributed by atoms with Gasteiger partial charge in [0.25, 0.3) is 0 Å². The van der Waals surface area contributed by atoms with Gasteiger partial charge in [-0.15, -0.1) is 13.2 Å². The Morgan fingerprint density at radius 3 is 2.52 bits per heavy atom. The van der Waals surface area contributed by atoms with Gasteiger partial charge >= 0.3 is 5.97 Å². The van der Waals surface area contributed by atoms with Crippen molar-refractivity contribution < 1.29 is 33.8 Å². The van der Waals surface area contributed by atoms with E-state index in [-0.39, 0.29) is 49.3 Å². The summed E-state index contributed by atoms with van der Waals surface area (Å²) in [7, 11) is 0. The molecule has 1 aromatic rings. The second-order valence-electron chi connectivity index (χ2n) is 13.2. The molecule has 1 spiro atoms. The van der Waals surface area contributed by atoms with Crippen LogP contribution in [0.15, 0.2) is 55.6 Å². The number of rotatable bonds is 17. The average molecular weight is 638 g/mol. The van der Waals surface area contributed by atoms with Crippen molar-refractivity contribution in [3.05, 3.63) is 61.2 Å². The zero-order valence-electron chi connectivity index (χ0n) is 27.7. The molecule has 2 bridgehead atoms. The van der Waals surface area contributed by atoms with Crippen LogP contribution < -0.4 is 5.32 Å². The third kappa shape index (κ3) is 6.79. The molecule has 0 aliphatic carbocycles. The Hall–Kier alpha value is -3.50. The summed E-state index contributed by atoms with van der Waals surface area (Å²) in [5.41, 5.74) is -0.520. The highest BCUT2D eigenvalue weighted by Crippen LogP contribution is 2.59. The van der Waals surface area contributed by atoms with Crippen LogP contribution in [0.25, 0.3) is 0 Å². The highest BCUT2D eigenvalue weighted by atomic mass is 16.6. The Labute approximate surface area is 273 Å². The summed E-state index contributed by atoms with van der Waals surface area (Å²) in [4.78, 5) is 59.0. The summed E-state index contributed by atoms with van der Waals surface area (Å²) in [5, 5.41) is 13.4. The zero-order chi connectivity index (χ0) is 33.6. The number of carbonyl (C=O) groups is 4. The predicted octanol–water partition coefficient (Wildman–Crippen LogP) is 3.95. The number of benzene rings is 1. The van der Waals surface area contributed by atoms with Gasteiger partial charge in [0.15, 0.2) is 0 Å². The molecule has 0 aromatic heterocycles. The van der Waals surface area contributed by atoms with E-state index in [4.69, 9.17) is 9.47 Å². The van der Waals surface area contributed by atoms with Gasteiger partial charge in [-0.3, -0.25) is 19.2 Å². The van der Waals surface area contributed by atoms with Crippen LogP contribution in [-0.4, -0.2) is 88.1 Å². The molecule has 252 valence electrons. The van der Waals surface area contributed by atoms with E-state index in [1.54, 1.807) is 17.1 Å². The molecule has 3 fully saturated rings. The first-order valence-electron chi connectivity index (χ1n) is 16.7. The molecule has 46 heavy (non-hydrogen) atoms. The SMILES string of the molecule is C=CCCC(=O)NC[C@H](OC(=O)[C@@H]1[C@H]2C(=O)N([C@@H](CO)C(C)C)[C@H](C(=O)N(CC=C)C(C)CCC)[C@]23CC[C@H]1O3)c1ccccc1. The third-order valence-electron chi connectivity index (χ3n) is 9.90. The number of amides is 3. The maximum absolute atomic E-state index is 14.6. The number of carbonyl (C=O) groups excluding carboxylic acids is 4. The standard InChI is InChI=1S/C36H51N3O7/c1-7-10-17-29(41)37-21-28(25-15-12-11-13-16-25)45-35(44)30-27-18-19-36(46-27)31(30)33(42)39(26(22-40)23(4)5)32(36)34(43)38(20-9-3)24(6)14-8-2/h7,9,11-13,15-16,23-24,26-28,30-32,40H,1,3,8,10,14,17-22H2,2,4-6H3,(H,37,41)/t24?,26-,27+,28-,30-,31-,32+,36-/m0/s1. The fourth-order valence-corrected chi connectivity index (χ4v) is 7.61. The smallest absolute Gasteiger partial charge is 0.313 e. The van der Waals surface area contributed by atoms with Crippen LogP contribution in [0.2, 0.25) is 0 Å². The monoisotopic (exact) mass is 637 g/mol. The molecule has 0 radical (unpaired) electrons. The number of aliphatic hydroxyl groups excluding tert-OH is 1. The molecule has 3 amide bonds. The van der Waals surface area contributed by atoms with E-state index in [1.807, 2.05) is 51.1 Å². The molecule has 2 N–H and O–H groups in total. The predicted molar refractivity (Wildman–Crippen MR) is 174 cm³/mol. The molecule has 3 heterocycles. The minimum atomic E-state index is -1.22. The van der Waals surface area contributed by atoms with Gasteiger partial charge < -0.3 is 29.7 Å². The van der Waals surface area contributed by atoms with Gasteiger partial charge in [0.05, 0.1) is 37.1 Å². The molecular weight excluding hydrogens is 586 g/mol. The van der Waals surface area contributed by atoms with Crippen LogP contribution >= 0.6 is 0 Å². The van der Waals surface area contributed by atoms with Crippen molar-refractivity contribution in [2.75, 3.05) is 19.7 Å². The quantitative estimate of drug-likeness (QED) is 0.196. The second kappa shape index (κ2) is 15.4. The number of hydrogen-bond donors (Lipinski definition) is 2. The molecule has 3 saturated heterocycles. The third-order valence-corrected chi connectivity index (χ3v) is 9.90. The molecule has 4 rings (SSSR count). The number of aliphatic hydroxyl groups is 1. The number of nitrogens with zero attached hydrogens (tertiary/aromatic N) is 2. The van der Waals surface area contributed by atoms with E-state index < -0.39 is 47.7 Å². The summed E-state index contributed by atoms with van der Waals surface area (Å²) in [6.45, 7) is 15.4. The number of esters is 1. The fraction of sp³-hybridized carbons (Fsp3) is 0.611. The van der Waals surface area contributed by atoms with Crippen LogP contribution in [0.1, 0.15) is 77.9 Å². The van der Waals surface area contributed by atoms with Crippen molar-refractivity contribution in [3.8, 4) is 0 Å². The van der Waals surface area contributed by atoms with E-state index in [0.29, 0.717) is 31.4 Å². The van der Waals surface area contributed by atoms with Crippen LogP contribution in [0.3, 0.4) is 0 Å². The Morgan fingerprint density at radius 1 is 1.20 bits per heavy atom. The van der Waals surface area contributed by atoms with Gasteiger partial charge in [0.1, 0.15) is 17.7 Å². The fourth-order valence-electron chi connectivity index (χ4n) is 7.61. The Morgan fingerprint density at radius 2 is 1.91 bits per heavy atom. The molecule has 1 aromatic carbocycles. The zero-order valence-corrected chi connectivity index (χ0v) is 27.7. The van der Waals surface area contributed by atoms with Crippen LogP contribution in [0, 0.1) is 17.8 Å². The van der Waals surface area contributed by atoms with Crippen molar-refractivity contribution >= 4 is 23.7 Å². The number of likely N-dealkylation sites (tertiary alicyclic amines) is 1. The van der Waals surface area contributed by atoms with E-state index in [0.717, 1.165) is 12.8 Å².